The molecule has 0 aliphatic rings. The van der Waals surface area contributed by atoms with Crippen molar-refractivity contribution in [2.24, 2.45) is 0 Å². The van der Waals surface area contributed by atoms with E-state index in [0.717, 1.165) is 0 Å². The summed E-state index contributed by atoms with van der Waals surface area (Å²) < 4.78 is 4.78. The summed E-state index contributed by atoms with van der Waals surface area (Å²) in [4.78, 5) is 22.7. The average molecular weight is 287 g/mol. The van der Waals surface area contributed by atoms with E-state index < -0.39 is 0 Å². The first kappa shape index (κ1) is 17.2. The number of carbonyl (C=O) groups excluding carboxylic acids is 2. The van der Waals surface area contributed by atoms with Crippen molar-refractivity contribution in [3.63, 3.8) is 0 Å². The quantitative estimate of drug-likeness (QED) is 0.474. The molecule has 0 spiro atoms. The number of carbonyl (C=O) groups is 2. The fraction of sp³-hybridized carbons (Fsp3) is 0.385. The van der Waals surface area contributed by atoms with Gasteiger partial charge in [-0.05, 0) is 31.5 Å². The number of hydrogen-bond donors (Lipinski definition) is 2. The minimum atomic E-state index is -0.240. The molecule has 106 valence electrons. The van der Waals surface area contributed by atoms with Crippen molar-refractivity contribution in [1.29, 1.82) is 0 Å². The van der Waals surface area contributed by atoms with Crippen LogP contribution in [0.1, 0.15) is 30.1 Å². The monoisotopic (exact) mass is 286 g/mol. The fourth-order valence-corrected chi connectivity index (χ4v) is 1.45. The lowest BCUT2D eigenvalue weighted by molar-refractivity contribution is -0.143. The number of hydrogen-bond acceptors (Lipinski definition) is 4. The van der Waals surface area contributed by atoms with Crippen LogP contribution >= 0.6 is 12.4 Å². The molecule has 0 bridgehead atoms. The maximum atomic E-state index is 11.7. The molecule has 0 radical (unpaired) electrons. The number of anilines is 1. The molecule has 0 heterocycles. The van der Waals surface area contributed by atoms with Gasteiger partial charge in [0.1, 0.15) is 0 Å². The lowest BCUT2D eigenvalue weighted by Crippen LogP contribution is -2.25. The second-order valence-corrected chi connectivity index (χ2v) is 3.79. The highest BCUT2D eigenvalue weighted by molar-refractivity contribution is 5.94. The predicted molar refractivity (Wildman–Crippen MR) is 76.3 cm³/mol. The van der Waals surface area contributed by atoms with Gasteiger partial charge in [-0.15, -0.1) is 12.4 Å². The van der Waals surface area contributed by atoms with E-state index in [1.54, 1.807) is 31.2 Å². The summed E-state index contributed by atoms with van der Waals surface area (Å²) in [7, 11) is 0. The zero-order valence-electron chi connectivity index (χ0n) is 10.8. The van der Waals surface area contributed by atoms with Gasteiger partial charge in [0.2, 0.25) is 0 Å². The Balaban J connectivity index is 0.00000324. The van der Waals surface area contributed by atoms with Crippen LogP contribution in [0.5, 0.6) is 0 Å². The van der Waals surface area contributed by atoms with Crippen molar-refractivity contribution in [2.75, 3.05) is 18.9 Å². The number of nitrogens with two attached hydrogens (primary N) is 1. The maximum Gasteiger partial charge on any atom is 0.305 e. The Labute approximate surface area is 118 Å². The van der Waals surface area contributed by atoms with Gasteiger partial charge in [0.15, 0.2) is 0 Å². The summed E-state index contributed by atoms with van der Waals surface area (Å²) in [6, 6.07) is 6.75. The van der Waals surface area contributed by atoms with Crippen LogP contribution in [0.2, 0.25) is 0 Å². The van der Waals surface area contributed by atoms with E-state index in [-0.39, 0.29) is 24.3 Å². The number of benzene rings is 1. The van der Waals surface area contributed by atoms with Crippen LogP contribution in [-0.2, 0) is 9.53 Å². The van der Waals surface area contributed by atoms with E-state index in [0.29, 0.717) is 37.2 Å². The molecule has 0 atom stereocenters. The van der Waals surface area contributed by atoms with Gasteiger partial charge in [-0.2, -0.15) is 0 Å². The maximum absolute atomic E-state index is 11.7. The van der Waals surface area contributed by atoms with Crippen molar-refractivity contribution in [3.8, 4) is 0 Å². The normalized spacial score (nSPS) is 9.32. The molecule has 0 fully saturated rings. The summed E-state index contributed by atoms with van der Waals surface area (Å²) in [5, 5.41) is 2.72. The molecule has 5 nitrogen and oxygen atoms in total. The van der Waals surface area contributed by atoms with Crippen LogP contribution < -0.4 is 11.1 Å². The molecule has 1 rings (SSSR count). The third-order valence-corrected chi connectivity index (χ3v) is 2.30. The number of nitrogens with one attached hydrogen (secondary N) is 1. The SMILES string of the molecule is CCOC(=O)CCCNC(=O)c1cccc(N)c1.Cl. The number of ether oxygens (including phenoxy) is 1. The van der Waals surface area contributed by atoms with E-state index in [9.17, 15) is 9.59 Å². The summed E-state index contributed by atoms with van der Waals surface area (Å²) in [6.07, 6.45) is 0.873. The molecular formula is C13H19ClN2O3. The van der Waals surface area contributed by atoms with E-state index in [1.165, 1.54) is 0 Å². The van der Waals surface area contributed by atoms with Crippen LogP contribution in [-0.4, -0.2) is 25.0 Å². The van der Waals surface area contributed by atoms with Gasteiger partial charge in [-0.1, -0.05) is 6.07 Å². The molecule has 0 saturated heterocycles. The molecule has 0 unspecified atom stereocenters. The van der Waals surface area contributed by atoms with E-state index in [2.05, 4.69) is 5.32 Å². The van der Waals surface area contributed by atoms with Crippen LogP contribution in [0.3, 0.4) is 0 Å². The lowest BCUT2D eigenvalue weighted by atomic mass is 10.2. The minimum absolute atomic E-state index is 0. The first-order valence-electron chi connectivity index (χ1n) is 5.93. The Kier molecular flexibility index (Phi) is 8.37. The second-order valence-electron chi connectivity index (χ2n) is 3.79. The Morgan fingerprint density at radius 2 is 2.11 bits per heavy atom. The van der Waals surface area contributed by atoms with E-state index in [1.807, 2.05) is 0 Å². The predicted octanol–water partition coefficient (Wildman–Crippen LogP) is 1.76. The van der Waals surface area contributed by atoms with Gasteiger partial charge in [0, 0.05) is 24.2 Å². The minimum Gasteiger partial charge on any atom is -0.466 e. The van der Waals surface area contributed by atoms with Gasteiger partial charge >= 0.3 is 5.97 Å². The molecule has 0 aromatic heterocycles. The molecule has 0 aliphatic carbocycles. The van der Waals surface area contributed by atoms with E-state index >= 15 is 0 Å². The second kappa shape index (κ2) is 9.22. The molecule has 6 heteroatoms. The number of esters is 1. The largest absolute Gasteiger partial charge is 0.466 e. The third kappa shape index (κ3) is 6.67. The Morgan fingerprint density at radius 3 is 2.74 bits per heavy atom. The van der Waals surface area contributed by atoms with Crippen LogP contribution in [0.25, 0.3) is 0 Å². The van der Waals surface area contributed by atoms with Crippen LogP contribution in [0.4, 0.5) is 5.69 Å². The fourth-order valence-electron chi connectivity index (χ4n) is 1.45. The number of rotatable bonds is 6. The van der Waals surface area contributed by atoms with Gasteiger partial charge < -0.3 is 15.8 Å². The number of halogens is 1. The topological polar surface area (TPSA) is 81.4 Å². The molecule has 0 saturated carbocycles. The molecule has 1 amide bonds. The van der Waals surface area contributed by atoms with Crippen molar-refractivity contribution in [1.82, 2.24) is 5.32 Å². The summed E-state index contributed by atoms with van der Waals surface area (Å²) in [5.74, 6) is -0.429. The highest BCUT2D eigenvalue weighted by Gasteiger charge is 2.06. The van der Waals surface area contributed by atoms with Crippen molar-refractivity contribution in [2.45, 2.75) is 19.8 Å². The Bertz CT molecular complexity index is 424. The summed E-state index contributed by atoms with van der Waals surface area (Å²) in [6.45, 7) is 2.58. The molecule has 19 heavy (non-hydrogen) atoms. The standard InChI is InChI=1S/C13H18N2O3.ClH/c1-2-18-12(16)7-4-8-15-13(17)10-5-3-6-11(14)9-10;/h3,5-6,9H,2,4,7-8,14H2,1H3,(H,15,17);1H. The van der Waals surface area contributed by atoms with Crippen LogP contribution in [0, 0.1) is 0 Å². The molecule has 1 aromatic rings. The van der Waals surface area contributed by atoms with Gasteiger partial charge in [-0.25, -0.2) is 0 Å². The highest BCUT2D eigenvalue weighted by atomic mass is 35.5. The first-order valence-corrected chi connectivity index (χ1v) is 5.93. The molecule has 1 aromatic carbocycles. The van der Waals surface area contributed by atoms with Crippen molar-refractivity contribution < 1.29 is 14.3 Å². The summed E-state index contributed by atoms with van der Waals surface area (Å²) >= 11 is 0. The lowest BCUT2D eigenvalue weighted by Gasteiger charge is -2.05. The molecular weight excluding hydrogens is 268 g/mol. The molecule has 0 aliphatic heterocycles. The number of amides is 1. The number of nitrogen functional groups attached to an aromatic ring is 1. The zero-order chi connectivity index (χ0) is 13.4. The van der Waals surface area contributed by atoms with Gasteiger partial charge in [-0.3, -0.25) is 9.59 Å². The summed E-state index contributed by atoms with van der Waals surface area (Å²) in [5.41, 5.74) is 6.65. The van der Waals surface area contributed by atoms with Crippen molar-refractivity contribution >= 4 is 30.0 Å². The van der Waals surface area contributed by atoms with E-state index in [4.69, 9.17) is 10.5 Å². The highest BCUT2D eigenvalue weighted by Crippen LogP contribution is 2.06. The zero-order valence-corrected chi connectivity index (χ0v) is 11.7. The van der Waals surface area contributed by atoms with Crippen molar-refractivity contribution in [3.05, 3.63) is 29.8 Å². The molecule has 3 N–H and O–H groups in total. The van der Waals surface area contributed by atoms with Gasteiger partial charge in [0.05, 0.1) is 6.61 Å². The Hall–Kier alpha value is -1.75. The smallest absolute Gasteiger partial charge is 0.305 e. The van der Waals surface area contributed by atoms with Gasteiger partial charge in [0.25, 0.3) is 5.91 Å². The average Bonchev–Trinajstić information content (AvgIpc) is 2.35. The first-order chi connectivity index (χ1) is 8.63. The third-order valence-electron chi connectivity index (χ3n) is 2.30. The van der Waals surface area contributed by atoms with Crippen LogP contribution in [0.15, 0.2) is 24.3 Å². The Morgan fingerprint density at radius 1 is 1.37 bits per heavy atom.